The molecule has 0 unspecified atom stereocenters. The summed E-state index contributed by atoms with van der Waals surface area (Å²) in [5.41, 5.74) is 0.422. The number of amides is 2. The fourth-order valence-corrected chi connectivity index (χ4v) is 6.10. The van der Waals surface area contributed by atoms with Gasteiger partial charge in [-0.15, -0.1) is 11.3 Å². The zero-order valence-electron chi connectivity index (χ0n) is 15.9. The van der Waals surface area contributed by atoms with E-state index in [0.29, 0.717) is 36.6 Å². The van der Waals surface area contributed by atoms with Gasteiger partial charge in [0.25, 0.3) is 5.91 Å². The number of anilines is 1. The first-order valence-electron chi connectivity index (χ1n) is 9.72. The molecule has 29 heavy (non-hydrogen) atoms. The summed E-state index contributed by atoms with van der Waals surface area (Å²) in [5, 5.41) is 4.64. The molecule has 2 aromatic rings. The average Bonchev–Trinajstić information content (AvgIpc) is 3.50. The number of nitrogens with one attached hydrogen (secondary N) is 1. The van der Waals surface area contributed by atoms with Crippen molar-refractivity contribution in [2.45, 2.75) is 36.6 Å². The van der Waals surface area contributed by atoms with Crippen molar-refractivity contribution in [2.75, 3.05) is 25.0 Å². The van der Waals surface area contributed by atoms with E-state index < -0.39 is 16.1 Å². The number of sulfonamides is 1. The molecule has 1 aromatic carbocycles. The monoisotopic (exact) mass is 433 g/mol. The third-order valence-electron chi connectivity index (χ3n) is 5.35. The minimum Gasteiger partial charge on any atom is -0.326 e. The van der Waals surface area contributed by atoms with Crippen LogP contribution in [0.2, 0.25) is 0 Å². The highest BCUT2D eigenvalue weighted by molar-refractivity contribution is 7.89. The van der Waals surface area contributed by atoms with Crippen molar-refractivity contribution in [3.05, 3.63) is 46.7 Å². The number of carbonyl (C=O) groups excluding carboxylic acids is 2. The predicted octanol–water partition coefficient (Wildman–Crippen LogP) is 2.78. The summed E-state index contributed by atoms with van der Waals surface area (Å²) in [6.07, 6.45) is 3.09. The normalized spacial score (nSPS) is 20.1. The SMILES string of the molecule is O=C(Nc1cccc(S(=O)(=O)N2CCCC2)c1)[C@@H]1CCCN1C(=O)c1cccs1. The molecule has 0 saturated carbocycles. The van der Waals surface area contributed by atoms with E-state index in [9.17, 15) is 18.0 Å². The smallest absolute Gasteiger partial charge is 0.264 e. The molecule has 1 atom stereocenters. The van der Waals surface area contributed by atoms with Crippen LogP contribution in [-0.2, 0) is 14.8 Å². The Morgan fingerprint density at radius 1 is 1.03 bits per heavy atom. The molecular weight excluding hydrogens is 410 g/mol. The zero-order chi connectivity index (χ0) is 20.4. The Morgan fingerprint density at radius 2 is 1.83 bits per heavy atom. The largest absolute Gasteiger partial charge is 0.326 e. The van der Waals surface area contributed by atoms with Crippen LogP contribution < -0.4 is 5.32 Å². The highest BCUT2D eigenvalue weighted by atomic mass is 32.2. The van der Waals surface area contributed by atoms with Gasteiger partial charge >= 0.3 is 0 Å². The number of thiophene rings is 1. The second kappa shape index (κ2) is 8.25. The molecular formula is C20H23N3O4S2. The van der Waals surface area contributed by atoms with Crippen LogP contribution in [0.25, 0.3) is 0 Å². The molecule has 0 aliphatic carbocycles. The number of hydrogen-bond donors (Lipinski definition) is 1. The minimum absolute atomic E-state index is 0.136. The molecule has 3 heterocycles. The van der Waals surface area contributed by atoms with E-state index in [-0.39, 0.29) is 16.7 Å². The van der Waals surface area contributed by atoms with Gasteiger partial charge in [-0.25, -0.2) is 8.42 Å². The maximum Gasteiger partial charge on any atom is 0.264 e. The van der Waals surface area contributed by atoms with Crippen LogP contribution in [0.1, 0.15) is 35.4 Å². The van der Waals surface area contributed by atoms with Gasteiger partial charge in [0.15, 0.2) is 0 Å². The fraction of sp³-hybridized carbons (Fsp3) is 0.400. The molecule has 2 fully saturated rings. The lowest BCUT2D eigenvalue weighted by Gasteiger charge is -2.23. The van der Waals surface area contributed by atoms with E-state index in [1.165, 1.54) is 21.7 Å². The average molecular weight is 434 g/mol. The van der Waals surface area contributed by atoms with E-state index in [1.807, 2.05) is 11.4 Å². The van der Waals surface area contributed by atoms with Gasteiger partial charge in [-0.3, -0.25) is 9.59 Å². The van der Waals surface area contributed by atoms with Gasteiger partial charge in [-0.2, -0.15) is 4.31 Å². The summed E-state index contributed by atoms with van der Waals surface area (Å²) < 4.78 is 27.0. The number of rotatable bonds is 5. The topological polar surface area (TPSA) is 86.8 Å². The molecule has 2 aliphatic heterocycles. The Kier molecular flexibility index (Phi) is 5.71. The van der Waals surface area contributed by atoms with Crippen molar-refractivity contribution >= 4 is 38.9 Å². The Hall–Kier alpha value is -2.23. The van der Waals surface area contributed by atoms with Crippen molar-refractivity contribution < 1.29 is 18.0 Å². The Bertz CT molecular complexity index is 998. The van der Waals surface area contributed by atoms with Crippen LogP contribution in [0.3, 0.4) is 0 Å². The summed E-state index contributed by atoms with van der Waals surface area (Å²) in [5.74, 6) is -0.425. The molecule has 1 N–H and O–H groups in total. The standard InChI is InChI=1S/C20H23N3O4S2/c24-19(17-8-4-12-23(17)20(25)18-9-5-13-28-18)21-15-6-3-7-16(14-15)29(26,27)22-10-1-2-11-22/h3,5-7,9,13-14,17H,1-2,4,8,10-12H2,(H,21,24)/t17-/m0/s1. The van der Waals surface area contributed by atoms with E-state index in [2.05, 4.69) is 5.32 Å². The Balaban J connectivity index is 1.49. The van der Waals surface area contributed by atoms with Gasteiger partial charge in [0.05, 0.1) is 9.77 Å². The van der Waals surface area contributed by atoms with Gasteiger partial charge in [-0.05, 0) is 55.3 Å². The molecule has 2 aliphatic rings. The van der Waals surface area contributed by atoms with E-state index in [0.717, 1.165) is 19.3 Å². The number of likely N-dealkylation sites (tertiary alicyclic amines) is 1. The second-order valence-electron chi connectivity index (χ2n) is 7.26. The number of benzene rings is 1. The summed E-state index contributed by atoms with van der Waals surface area (Å²) in [6, 6.07) is 9.35. The van der Waals surface area contributed by atoms with Gasteiger partial charge in [-0.1, -0.05) is 12.1 Å². The van der Waals surface area contributed by atoms with Gasteiger partial charge < -0.3 is 10.2 Å². The summed E-state index contributed by atoms with van der Waals surface area (Å²) in [4.78, 5) is 27.9. The van der Waals surface area contributed by atoms with Gasteiger partial charge in [0, 0.05) is 25.3 Å². The maximum atomic E-state index is 12.9. The first kappa shape index (κ1) is 20.1. The van der Waals surface area contributed by atoms with Crippen molar-refractivity contribution in [2.24, 2.45) is 0 Å². The van der Waals surface area contributed by atoms with Crippen molar-refractivity contribution in [3.8, 4) is 0 Å². The summed E-state index contributed by atoms with van der Waals surface area (Å²) in [6.45, 7) is 1.60. The van der Waals surface area contributed by atoms with Crippen LogP contribution >= 0.6 is 11.3 Å². The quantitative estimate of drug-likeness (QED) is 0.786. The Morgan fingerprint density at radius 3 is 2.55 bits per heavy atom. The third-order valence-corrected chi connectivity index (χ3v) is 8.11. The van der Waals surface area contributed by atoms with Crippen LogP contribution in [0.5, 0.6) is 0 Å². The second-order valence-corrected chi connectivity index (χ2v) is 10.1. The third kappa shape index (κ3) is 4.08. The van der Waals surface area contributed by atoms with Crippen molar-refractivity contribution in [3.63, 3.8) is 0 Å². The van der Waals surface area contributed by atoms with Gasteiger partial charge in [0.1, 0.15) is 6.04 Å². The highest BCUT2D eigenvalue weighted by Gasteiger charge is 2.35. The molecule has 0 radical (unpaired) electrons. The molecule has 2 amide bonds. The minimum atomic E-state index is -3.55. The van der Waals surface area contributed by atoms with Crippen molar-refractivity contribution in [1.82, 2.24) is 9.21 Å². The van der Waals surface area contributed by atoms with Crippen LogP contribution in [0, 0.1) is 0 Å². The lowest BCUT2D eigenvalue weighted by atomic mass is 10.2. The first-order valence-corrected chi connectivity index (χ1v) is 12.0. The molecule has 1 aromatic heterocycles. The van der Waals surface area contributed by atoms with E-state index in [1.54, 1.807) is 29.2 Å². The van der Waals surface area contributed by atoms with E-state index in [4.69, 9.17) is 0 Å². The Labute approximate surface area is 174 Å². The molecule has 0 bridgehead atoms. The number of nitrogens with zero attached hydrogens (tertiary/aromatic N) is 2. The lowest BCUT2D eigenvalue weighted by molar-refractivity contribution is -0.119. The predicted molar refractivity (Wildman–Crippen MR) is 111 cm³/mol. The lowest BCUT2D eigenvalue weighted by Crippen LogP contribution is -2.43. The van der Waals surface area contributed by atoms with Crippen LogP contribution in [-0.4, -0.2) is 55.1 Å². The number of carbonyl (C=O) groups is 2. The molecule has 9 heteroatoms. The maximum absolute atomic E-state index is 12.9. The summed E-state index contributed by atoms with van der Waals surface area (Å²) in [7, 11) is -3.55. The molecule has 4 rings (SSSR count). The number of hydrogen-bond acceptors (Lipinski definition) is 5. The molecule has 0 spiro atoms. The van der Waals surface area contributed by atoms with Crippen molar-refractivity contribution in [1.29, 1.82) is 0 Å². The zero-order valence-corrected chi connectivity index (χ0v) is 17.5. The fourth-order valence-electron chi connectivity index (χ4n) is 3.86. The molecule has 2 saturated heterocycles. The first-order chi connectivity index (χ1) is 14.0. The molecule has 154 valence electrons. The summed E-state index contributed by atoms with van der Waals surface area (Å²) >= 11 is 1.36. The van der Waals surface area contributed by atoms with Gasteiger partial charge in [0.2, 0.25) is 15.9 Å². The molecule has 7 nitrogen and oxygen atoms in total. The highest BCUT2D eigenvalue weighted by Crippen LogP contribution is 2.26. The van der Waals surface area contributed by atoms with Crippen LogP contribution in [0.15, 0.2) is 46.7 Å². The van der Waals surface area contributed by atoms with E-state index >= 15 is 0 Å². The van der Waals surface area contributed by atoms with Crippen LogP contribution in [0.4, 0.5) is 5.69 Å².